The largest absolute Gasteiger partial charge is 0.494 e. The summed E-state index contributed by atoms with van der Waals surface area (Å²) in [6, 6.07) is 6.15. The summed E-state index contributed by atoms with van der Waals surface area (Å²) < 4.78 is 41.2. The molecular formula is C23H24FNO8S. The summed E-state index contributed by atoms with van der Waals surface area (Å²) in [5, 5.41) is 0. The molecule has 0 spiro atoms. The lowest BCUT2D eigenvalue weighted by molar-refractivity contribution is -0.186. The van der Waals surface area contributed by atoms with Gasteiger partial charge in [-0.3, -0.25) is 19.4 Å². The number of methoxy groups -OCH3 is 1. The standard InChI is InChI=1S/C23H24FNO8S/c1-12(26)30-20-11-34-23(22(32-14(3)28)21(20)31-13(2)27)33-17-7-16(9-25-10-17)15-5-6-19(29-4)18(24)8-15/h5-10,20-23H,11H2,1-4H3/t20-,21+,22-,23+/m1/s1. The molecule has 1 aromatic carbocycles. The van der Waals surface area contributed by atoms with Gasteiger partial charge in [0.05, 0.1) is 13.3 Å². The molecule has 0 amide bonds. The molecule has 0 aliphatic carbocycles. The molecule has 11 heteroatoms. The molecule has 1 aliphatic rings. The fourth-order valence-corrected chi connectivity index (χ4v) is 4.65. The van der Waals surface area contributed by atoms with Gasteiger partial charge in [0.25, 0.3) is 0 Å². The normalized spacial score (nSPS) is 21.8. The summed E-state index contributed by atoms with van der Waals surface area (Å²) in [6.07, 6.45) is 0.0370. The number of hydrogen-bond donors (Lipinski definition) is 0. The van der Waals surface area contributed by atoms with Crippen LogP contribution in [0, 0.1) is 5.82 Å². The Morgan fingerprint density at radius 1 is 0.941 bits per heavy atom. The molecule has 1 fully saturated rings. The van der Waals surface area contributed by atoms with Crippen molar-refractivity contribution >= 4 is 29.7 Å². The second-order valence-corrected chi connectivity index (χ2v) is 8.51. The number of carbonyl (C=O) groups excluding carboxylic acids is 3. The minimum atomic E-state index is -1.07. The van der Waals surface area contributed by atoms with E-state index in [9.17, 15) is 18.8 Å². The molecule has 0 bridgehead atoms. The maximum atomic E-state index is 14.2. The first-order valence-electron chi connectivity index (χ1n) is 10.3. The molecule has 9 nitrogen and oxygen atoms in total. The van der Waals surface area contributed by atoms with Crippen molar-refractivity contribution < 1.29 is 42.5 Å². The number of esters is 3. The van der Waals surface area contributed by atoms with Crippen LogP contribution in [-0.4, -0.2) is 59.5 Å². The molecule has 0 radical (unpaired) electrons. The Labute approximate surface area is 199 Å². The average molecular weight is 494 g/mol. The molecule has 2 heterocycles. The van der Waals surface area contributed by atoms with Crippen molar-refractivity contribution in [2.24, 2.45) is 0 Å². The predicted molar refractivity (Wildman–Crippen MR) is 120 cm³/mol. The number of nitrogens with zero attached hydrogens (tertiary/aromatic N) is 1. The number of thioether (sulfide) groups is 1. The van der Waals surface area contributed by atoms with Crippen LogP contribution in [0.15, 0.2) is 36.7 Å². The molecule has 1 aliphatic heterocycles. The van der Waals surface area contributed by atoms with Gasteiger partial charge in [0.2, 0.25) is 0 Å². The summed E-state index contributed by atoms with van der Waals surface area (Å²) in [4.78, 5) is 39.2. The van der Waals surface area contributed by atoms with Gasteiger partial charge < -0.3 is 23.7 Å². The SMILES string of the molecule is COc1ccc(-c2cncc(O[C@H]3SC[C@@H](OC(C)=O)[C@H](OC(C)=O)[C@H]3OC(C)=O)c2)cc1F. The van der Waals surface area contributed by atoms with Gasteiger partial charge in [0.15, 0.2) is 35.3 Å². The van der Waals surface area contributed by atoms with Crippen LogP contribution in [0.5, 0.6) is 11.5 Å². The third kappa shape index (κ3) is 6.37. The Hall–Kier alpha value is -3.34. The number of halogens is 1. The quantitative estimate of drug-likeness (QED) is 0.421. The zero-order valence-electron chi connectivity index (χ0n) is 19.0. The molecule has 4 atom stereocenters. The van der Waals surface area contributed by atoms with Gasteiger partial charge in [-0.05, 0) is 23.8 Å². The molecule has 0 N–H and O–H groups in total. The van der Waals surface area contributed by atoms with E-state index in [0.717, 1.165) is 0 Å². The molecule has 182 valence electrons. The van der Waals surface area contributed by atoms with Gasteiger partial charge in [0.1, 0.15) is 5.75 Å². The van der Waals surface area contributed by atoms with Crippen molar-refractivity contribution in [1.29, 1.82) is 0 Å². The molecule has 34 heavy (non-hydrogen) atoms. The van der Waals surface area contributed by atoms with Crippen molar-refractivity contribution in [3.05, 3.63) is 42.5 Å². The molecule has 3 rings (SSSR count). The minimum absolute atomic E-state index is 0.116. The molecule has 0 unspecified atom stereocenters. The average Bonchev–Trinajstić information content (AvgIpc) is 2.77. The highest BCUT2D eigenvalue weighted by molar-refractivity contribution is 7.99. The molecule has 2 aromatic rings. The molecular weight excluding hydrogens is 469 g/mol. The van der Waals surface area contributed by atoms with E-state index >= 15 is 0 Å². The Morgan fingerprint density at radius 2 is 1.62 bits per heavy atom. The molecule has 1 aromatic heterocycles. The summed E-state index contributed by atoms with van der Waals surface area (Å²) in [5.74, 6) is -1.68. The summed E-state index contributed by atoms with van der Waals surface area (Å²) in [5.41, 5.74) is 0.333. The van der Waals surface area contributed by atoms with E-state index in [-0.39, 0.29) is 11.5 Å². The van der Waals surface area contributed by atoms with Crippen LogP contribution in [0.4, 0.5) is 4.39 Å². The van der Waals surface area contributed by atoms with Gasteiger partial charge in [-0.15, -0.1) is 11.8 Å². The number of ether oxygens (including phenoxy) is 5. The lowest BCUT2D eigenvalue weighted by atomic mass is 10.1. The topological polar surface area (TPSA) is 110 Å². The molecule has 0 saturated carbocycles. The highest BCUT2D eigenvalue weighted by Gasteiger charge is 2.47. The van der Waals surface area contributed by atoms with Crippen LogP contribution in [0.2, 0.25) is 0 Å². The number of benzene rings is 1. The number of hydrogen-bond acceptors (Lipinski definition) is 10. The third-order valence-electron chi connectivity index (χ3n) is 4.76. The highest BCUT2D eigenvalue weighted by Crippen LogP contribution is 2.35. The number of aromatic nitrogens is 1. The predicted octanol–water partition coefficient (Wildman–Crippen LogP) is 3.14. The zero-order chi connectivity index (χ0) is 24.8. The van der Waals surface area contributed by atoms with Crippen LogP contribution in [0.3, 0.4) is 0 Å². The fraction of sp³-hybridized carbons (Fsp3) is 0.391. The van der Waals surface area contributed by atoms with E-state index in [0.29, 0.717) is 16.9 Å². The minimum Gasteiger partial charge on any atom is -0.494 e. The van der Waals surface area contributed by atoms with E-state index in [2.05, 4.69) is 4.98 Å². The first-order valence-corrected chi connectivity index (χ1v) is 11.3. The smallest absolute Gasteiger partial charge is 0.303 e. The van der Waals surface area contributed by atoms with E-state index in [1.54, 1.807) is 18.3 Å². The Bertz CT molecular complexity index is 1070. The van der Waals surface area contributed by atoms with Crippen molar-refractivity contribution in [3.8, 4) is 22.6 Å². The Morgan fingerprint density at radius 3 is 2.24 bits per heavy atom. The number of carbonyl (C=O) groups is 3. The van der Waals surface area contributed by atoms with Gasteiger partial charge in [-0.25, -0.2) is 4.39 Å². The lowest BCUT2D eigenvalue weighted by Crippen LogP contribution is -2.55. The highest BCUT2D eigenvalue weighted by atomic mass is 32.2. The van der Waals surface area contributed by atoms with Crippen molar-refractivity contribution in [1.82, 2.24) is 4.98 Å². The van der Waals surface area contributed by atoms with Gasteiger partial charge >= 0.3 is 17.9 Å². The van der Waals surface area contributed by atoms with Gasteiger partial charge in [-0.1, -0.05) is 6.07 Å². The number of rotatable bonds is 7. The van der Waals surface area contributed by atoms with E-state index in [1.165, 1.54) is 58.0 Å². The lowest BCUT2D eigenvalue weighted by Gasteiger charge is -2.39. The van der Waals surface area contributed by atoms with Crippen molar-refractivity contribution in [3.63, 3.8) is 0 Å². The fourth-order valence-electron chi connectivity index (χ4n) is 3.43. The van der Waals surface area contributed by atoms with Crippen LogP contribution in [-0.2, 0) is 28.6 Å². The van der Waals surface area contributed by atoms with Crippen molar-refractivity contribution in [2.45, 2.75) is 44.5 Å². The summed E-state index contributed by atoms with van der Waals surface area (Å²) in [7, 11) is 1.38. The Balaban J connectivity index is 1.87. The monoisotopic (exact) mass is 493 g/mol. The maximum Gasteiger partial charge on any atom is 0.303 e. The third-order valence-corrected chi connectivity index (χ3v) is 5.97. The van der Waals surface area contributed by atoms with Crippen molar-refractivity contribution in [2.75, 3.05) is 12.9 Å². The first-order chi connectivity index (χ1) is 16.2. The summed E-state index contributed by atoms with van der Waals surface area (Å²) in [6.45, 7) is 3.65. The Kier molecular flexibility index (Phi) is 8.32. The second-order valence-electron chi connectivity index (χ2n) is 7.37. The van der Waals surface area contributed by atoms with Crippen LogP contribution in [0.25, 0.3) is 11.1 Å². The van der Waals surface area contributed by atoms with Gasteiger partial charge in [-0.2, -0.15) is 0 Å². The van der Waals surface area contributed by atoms with Crippen LogP contribution < -0.4 is 9.47 Å². The van der Waals surface area contributed by atoms with Crippen LogP contribution in [0.1, 0.15) is 20.8 Å². The second kappa shape index (κ2) is 11.2. The maximum absolute atomic E-state index is 14.2. The van der Waals surface area contributed by atoms with E-state index in [4.69, 9.17) is 23.7 Å². The molecule has 1 saturated heterocycles. The first kappa shape index (κ1) is 25.3. The zero-order valence-corrected chi connectivity index (χ0v) is 19.8. The van der Waals surface area contributed by atoms with Crippen LogP contribution >= 0.6 is 11.8 Å². The summed E-state index contributed by atoms with van der Waals surface area (Å²) >= 11 is 1.23. The van der Waals surface area contributed by atoms with Gasteiger partial charge in [0, 0.05) is 38.3 Å². The number of pyridine rings is 1. The van der Waals surface area contributed by atoms with E-state index in [1.807, 2.05) is 0 Å². The van der Waals surface area contributed by atoms with E-state index < -0.39 is 47.5 Å².